The normalized spacial score (nSPS) is 12.1. The van der Waals surface area contributed by atoms with Gasteiger partial charge in [0.1, 0.15) is 0 Å². The number of guanidine groups is 1. The van der Waals surface area contributed by atoms with Crippen LogP contribution >= 0.6 is 11.6 Å². The van der Waals surface area contributed by atoms with Gasteiger partial charge in [-0.3, -0.25) is 4.99 Å². The van der Waals surface area contributed by atoms with Gasteiger partial charge in [0.05, 0.1) is 12.1 Å². The number of aromatic nitrogens is 2. The third-order valence-electron chi connectivity index (χ3n) is 3.90. The predicted octanol–water partition coefficient (Wildman–Crippen LogP) is 4.27. The highest BCUT2D eigenvalue weighted by atomic mass is 35.5. The van der Waals surface area contributed by atoms with Crippen molar-refractivity contribution in [1.82, 2.24) is 20.8 Å². The number of nitrogens with one attached hydrogen (secondary N) is 2. The Morgan fingerprint density at radius 1 is 1.10 bits per heavy atom. The summed E-state index contributed by atoms with van der Waals surface area (Å²) in [5.74, 6) is 1.10. The molecule has 0 radical (unpaired) electrons. The van der Waals surface area contributed by atoms with Gasteiger partial charge >= 0.3 is 6.18 Å². The molecule has 1 heterocycles. The third-order valence-corrected chi connectivity index (χ3v) is 4.13. The summed E-state index contributed by atoms with van der Waals surface area (Å²) in [6.07, 6.45) is -4.38. The van der Waals surface area contributed by atoms with Crippen LogP contribution in [0.15, 0.2) is 58.0 Å². The molecule has 0 bridgehead atoms. The first-order chi connectivity index (χ1) is 13.8. The highest BCUT2D eigenvalue weighted by Crippen LogP contribution is 2.29. The van der Waals surface area contributed by atoms with E-state index in [2.05, 4.69) is 25.8 Å². The Balaban J connectivity index is 1.56. The Labute approximate surface area is 169 Å². The number of aliphatic imine (C=N–C) groups is 1. The number of nitrogens with zero attached hydrogens (tertiary/aromatic N) is 3. The second kappa shape index (κ2) is 8.95. The standard InChI is InChI=1S/C19H17ClF3N5O/c1-24-18(25-10-12-4-2-6-14(8-12)19(21,22)23)26-11-16-27-17(28-29-16)13-5-3-7-15(20)9-13/h2-9H,10-11H2,1H3,(H2,24,25,26). The molecule has 0 atom stereocenters. The Morgan fingerprint density at radius 2 is 1.86 bits per heavy atom. The molecule has 3 rings (SSSR count). The summed E-state index contributed by atoms with van der Waals surface area (Å²) in [4.78, 5) is 8.31. The maximum absolute atomic E-state index is 12.8. The largest absolute Gasteiger partial charge is 0.416 e. The Hall–Kier alpha value is -3.07. The first-order valence-electron chi connectivity index (χ1n) is 8.54. The van der Waals surface area contributed by atoms with Gasteiger partial charge in [0, 0.05) is 24.2 Å². The molecule has 0 aliphatic carbocycles. The predicted molar refractivity (Wildman–Crippen MR) is 103 cm³/mol. The van der Waals surface area contributed by atoms with Gasteiger partial charge in [-0.05, 0) is 29.8 Å². The van der Waals surface area contributed by atoms with Gasteiger partial charge in [0.15, 0.2) is 5.96 Å². The molecule has 10 heteroatoms. The number of benzene rings is 2. The average molecular weight is 424 g/mol. The summed E-state index contributed by atoms with van der Waals surface area (Å²) < 4.78 is 43.6. The summed E-state index contributed by atoms with van der Waals surface area (Å²) >= 11 is 5.96. The van der Waals surface area contributed by atoms with Gasteiger partial charge in [-0.15, -0.1) is 0 Å². The van der Waals surface area contributed by atoms with Gasteiger partial charge < -0.3 is 15.2 Å². The van der Waals surface area contributed by atoms with Crippen molar-refractivity contribution in [3.63, 3.8) is 0 Å². The molecule has 6 nitrogen and oxygen atoms in total. The van der Waals surface area contributed by atoms with Crippen LogP contribution in [0.3, 0.4) is 0 Å². The minimum atomic E-state index is -4.38. The topological polar surface area (TPSA) is 75.3 Å². The molecular formula is C19H17ClF3N5O. The lowest BCUT2D eigenvalue weighted by molar-refractivity contribution is -0.137. The fraction of sp³-hybridized carbons (Fsp3) is 0.211. The molecule has 0 spiro atoms. The van der Waals surface area contributed by atoms with Gasteiger partial charge in [0.2, 0.25) is 11.7 Å². The van der Waals surface area contributed by atoms with E-state index in [4.69, 9.17) is 16.1 Å². The maximum Gasteiger partial charge on any atom is 0.416 e. The molecule has 0 aliphatic heterocycles. The van der Waals surface area contributed by atoms with Gasteiger partial charge in [-0.2, -0.15) is 18.2 Å². The second-order valence-corrected chi connectivity index (χ2v) is 6.44. The number of hydrogen-bond acceptors (Lipinski definition) is 4. The minimum Gasteiger partial charge on any atom is -0.352 e. The zero-order valence-electron chi connectivity index (χ0n) is 15.3. The van der Waals surface area contributed by atoms with Crippen LogP contribution in [0.5, 0.6) is 0 Å². The molecule has 0 unspecified atom stereocenters. The van der Waals surface area contributed by atoms with E-state index in [0.29, 0.717) is 28.3 Å². The molecule has 0 saturated carbocycles. The molecule has 2 N–H and O–H groups in total. The zero-order chi connectivity index (χ0) is 20.9. The molecule has 0 amide bonds. The molecule has 0 aliphatic rings. The number of rotatable bonds is 5. The van der Waals surface area contributed by atoms with Crippen molar-refractivity contribution in [3.8, 4) is 11.4 Å². The molecule has 1 aromatic heterocycles. The first kappa shape index (κ1) is 20.7. The van der Waals surface area contributed by atoms with Crippen LogP contribution in [0.2, 0.25) is 5.02 Å². The summed E-state index contributed by atoms with van der Waals surface area (Å²) in [6.45, 7) is 0.358. The van der Waals surface area contributed by atoms with Crippen molar-refractivity contribution in [3.05, 3.63) is 70.6 Å². The molecule has 0 fully saturated rings. The summed E-state index contributed by atoms with van der Waals surface area (Å²) in [5.41, 5.74) is 0.502. The molecule has 0 saturated heterocycles. The number of alkyl halides is 3. The maximum atomic E-state index is 12.8. The second-order valence-electron chi connectivity index (χ2n) is 6.00. The van der Waals surface area contributed by atoms with Gasteiger partial charge in [-0.25, -0.2) is 0 Å². The molecule has 29 heavy (non-hydrogen) atoms. The quantitative estimate of drug-likeness (QED) is 0.473. The minimum absolute atomic E-state index is 0.168. The monoisotopic (exact) mass is 423 g/mol. The summed E-state index contributed by atoms with van der Waals surface area (Å²) in [7, 11) is 1.55. The molecule has 2 aromatic carbocycles. The van der Waals surface area contributed by atoms with E-state index in [9.17, 15) is 13.2 Å². The highest BCUT2D eigenvalue weighted by Gasteiger charge is 2.30. The fourth-order valence-electron chi connectivity index (χ4n) is 2.49. The van der Waals surface area contributed by atoms with Crippen molar-refractivity contribution in [2.45, 2.75) is 19.3 Å². The van der Waals surface area contributed by atoms with Crippen molar-refractivity contribution >= 4 is 17.6 Å². The van der Waals surface area contributed by atoms with Gasteiger partial charge in [0.25, 0.3) is 0 Å². The van der Waals surface area contributed by atoms with Crippen molar-refractivity contribution in [2.75, 3.05) is 7.05 Å². The Kier molecular flexibility index (Phi) is 6.38. The highest BCUT2D eigenvalue weighted by molar-refractivity contribution is 6.30. The lowest BCUT2D eigenvalue weighted by Gasteiger charge is -2.12. The third kappa shape index (κ3) is 5.71. The van der Waals surface area contributed by atoms with Crippen LogP contribution in [0.4, 0.5) is 13.2 Å². The number of halogens is 4. The van der Waals surface area contributed by atoms with E-state index < -0.39 is 11.7 Å². The van der Waals surface area contributed by atoms with Crippen LogP contribution < -0.4 is 10.6 Å². The van der Waals surface area contributed by atoms with E-state index in [-0.39, 0.29) is 13.1 Å². The fourth-order valence-corrected chi connectivity index (χ4v) is 2.69. The Bertz CT molecular complexity index is 1000. The van der Waals surface area contributed by atoms with Crippen LogP contribution in [0, 0.1) is 0 Å². The van der Waals surface area contributed by atoms with E-state index in [1.54, 1.807) is 31.3 Å². The van der Waals surface area contributed by atoms with E-state index >= 15 is 0 Å². The van der Waals surface area contributed by atoms with Crippen molar-refractivity contribution in [2.24, 2.45) is 4.99 Å². The SMILES string of the molecule is CN=C(NCc1cccc(C(F)(F)F)c1)NCc1nc(-c2cccc(Cl)c2)no1. The van der Waals surface area contributed by atoms with E-state index in [0.717, 1.165) is 17.7 Å². The smallest absolute Gasteiger partial charge is 0.352 e. The molecular weight excluding hydrogens is 407 g/mol. The van der Waals surface area contributed by atoms with Crippen LogP contribution in [0.1, 0.15) is 17.0 Å². The lowest BCUT2D eigenvalue weighted by Crippen LogP contribution is -2.36. The number of hydrogen-bond donors (Lipinski definition) is 2. The zero-order valence-corrected chi connectivity index (χ0v) is 16.1. The summed E-state index contributed by atoms with van der Waals surface area (Å²) in [6, 6.07) is 12.2. The van der Waals surface area contributed by atoms with Gasteiger partial charge in [-0.1, -0.05) is 41.0 Å². The van der Waals surface area contributed by atoms with Crippen LogP contribution in [0.25, 0.3) is 11.4 Å². The Morgan fingerprint density at radius 3 is 2.59 bits per heavy atom. The molecule has 152 valence electrons. The van der Waals surface area contributed by atoms with E-state index in [1.165, 1.54) is 6.07 Å². The lowest BCUT2D eigenvalue weighted by atomic mass is 10.1. The van der Waals surface area contributed by atoms with Crippen LogP contribution in [-0.2, 0) is 19.3 Å². The average Bonchev–Trinajstić information content (AvgIpc) is 3.17. The van der Waals surface area contributed by atoms with Crippen molar-refractivity contribution in [1.29, 1.82) is 0 Å². The molecule has 3 aromatic rings. The summed E-state index contributed by atoms with van der Waals surface area (Å²) in [5, 5.41) is 10.4. The van der Waals surface area contributed by atoms with E-state index in [1.807, 2.05) is 6.07 Å². The first-order valence-corrected chi connectivity index (χ1v) is 8.92. The van der Waals surface area contributed by atoms with Crippen molar-refractivity contribution < 1.29 is 17.7 Å². The van der Waals surface area contributed by atoms with Crippen LogP contribution in [-0.4, -0.2) is 23.1 Å².